The number of para-hydroxylation sites is 1. The van der Waals surface area contributed by atoms with Gasteiger partial charge in [-0.25, -0.2) is 4.79 Å². The topological polar surface area (TPSA) is 41.6 Å². The molecule has 4 nitrogen and oxygen atoms in total. The van der Waals surface area contributed by atoms with Crippen LogP contribution in [0.5, 0.6) is 5.75 Å². The van der Waals surface area contributed by atoms with Gasteiger partial charge < -0.3 is 15.0 Å². The summed E-state index contributed by atoms with van der Waals surface area (Å²) in [5, 5.41) is 3.05. The number of nitrogens with zero attached hydrogens (tertiary/aromatic N) is 1. The number of carbonyl (C=O) groups excluding carboxylic acids is 1. The van der Waals surface area contributed by atoms with Crippen molar-refractivity contribution in [3.05, 3.63) is 65.7 Å². The second kappa shape index (κ2) is 7.40. The number of hydrogen-bond donors (Lipinski definition) is 1. The van der Waals surface area contributed by atoms with Crippen LogP contribution < -0.4 is 10.1 Å². The smallest absolute Gasteiger partial charge is 0.317 e. The van der Waals surface area contributed by atoms with Gasteiger partial charge in [0.1, 0.15) is 5.75 Å². The van der Waals surface area contributed by atoms with E-state index in [1.165, 1.54) is 18.4 Å². The molecule has 1 N–H and O–H groups in total. The summed E-state index contributed by atoms with van der Waals surface area (Å²) in [6.07, 6.45) is 2.40. The number of nitrogens with one attached hydrogen (secondary N) is 1. The van der Waals surface area contributed by atoms with E-state index in [1.807, 2.05) is 29.2 Å². The number of methoxy groups -OCH3 is 1. The van der Waals surface area contributed by atoms with E-state index in [0.29, 0.717) is 24.3 Å². The van der Waals surface area contributed by atoms with Gasteiger partial charge in [0.25, 0.3) is 0 Å². The van der Waals surface area contributed by atoms with Crippen molar-refractivity contribution in [1.82, 2.24) is 10.2 Å². The molecule has 4 heteroatoms. The Labute approximate surface area is 155 Å². The zero-order valence-electron chi connectivity index (χ0n) is 15.2. The minimum Gasteiger partial charge on any atom is -0.496 e. The molecule has 2 atom stereocenters. The lowest BCUT2D eigenvalue weighted by molar-refractivity contribution is 0.204. The minimum atomic E-state index is 0.0431. The first kappa shape index (κ1) is 17.0. The highest BCUT2D eigenvalue weighted by atomic mass is 16.5. The predicted molar refractivity (Wildman–Crippen MR) is 102 cm³/mol. The van der Waals surface area contributed by atoms with Crippen molar-refractivity contribution in [2.24, 2.45) is 11.8 Å². The Balaban J connectivity index is 1.31. The third kappa shape index (κ3) is 3.41. The van der Waals surface area contributed by atoms with Gasteiger partial charge in [-0.05, 0) is 42.2 Å². The summed E-state index contributed by atoms with van der Waals surface area (Å²) in [5.41, 5.74) is 2.46. The number of hydrogen-bond acceptors (Lipinski definition) is 2. The molecule has 1 saturated carbocycles. The maximum absolute atomic E-state index is 12.6. The molecule has 1 aliphatic heterocycles. The molecule has 26 heavy (non-hydrogen) atoms. The largest absolute Gasteiger partial charge is 0.496 e. The SMILES string of the molecule is COc1ccccc1CNC(=O)N1CC2CC(c3ccccc3)CC2C1. The second-order valence-electron chi connectivity index (χ2n) is 7.47. The van der Waals surface area contributed by atoms with Gasteiger partial charge in [-0.3, -0.25) is 0 Å². The summed E-state index contributed by atoms with van der Waals surface area (Å²) in [7, 11) is 1.66. The summed E-state index contributed by atoms with van der Waals surface area (Å²) in [5.74, 6) is 2.75. The molecule has 2 aliphatic rings. The van der Waals surface area contributed by atoms with Crippen molar-refractivity contribution < 1.29 is 9.53 Å². The van der Waals surface area contributed by atoms with Gasteiger partial charge in [0.05, 0.1) is 7.11 Å². The van der Waals surface area contributed by atoms with E-state index in [9.17, 15) is 4.79 Å². The molecule has 136 valence electrons. The average molecular weight is 350 g/mol. The van der Waals surface area contributed by atoms with Gasteiger partial charge in [0.15, 0.2) is 0 Å². The number of likely N-dealkylation sites (tertiary alicyclic amines) is 1. The molecule has 2 unspecified atom stereocenters. The average Bonchev–Trinajstić information content (AvgIpc) is 3.26. The quantitative estimate of drug-likeness (QED) is 0.904. The zero-order valence-corrected chi connectivity index (χ0v) is 15.2. The number of carbonyl (C=O) groups is 1. The van der Waals surface area contributed by atoms with E-state index in [-0.39, 0.29) is 6.03 Å². The van der Waals surface area contributed by atoms with Crippen molar-refractivity contribution in [2.45, 2.75) is 25.3 Å². The molecule has 4 rings (SSSR count). The van der Waals surface area contributed by atoms with E-state index in [2.05, 4.69) is 35.6 Å². The van der Waals surface area contributed by atoms with Crippen LogP contribution in [0.1, 0.15) is 29.9 Å². The van der Waals surface area contributed by atoms with Crippen molar-refractivity contribution in [3.8, 4) is 5.75 Å². The van der Waals surface area contributed by atoms with E-state index in [1.54, 1.807) is 7.11 Å². The number of ether oxygens (including phenoxy) is 1. The molecule has 1 heterocycles. The van der Waals surface area contributed by atoms with E-state index >= 15 is 0 Å². The number of amides is 2. The Morgan fingerprint density at radius 3 is 2.38 bits per heavy atom. The van der Waals surface area contributed by atoms with Crippen LogP contribution in [0.3, 0.4) is 0 Å². The van der Waals surface area contributed by atoms with Crippen LogP contribution in [-0.2, 0) is 6.54 Å². The zero-order chi connectivity index (χ0) is 17.9. The standard InChI is InChI=1S/C22H26N2O2/c1-26-21-10-6-5-9-17(21)13-23-22(25)24-14-19-11-18(12-20(19)15-24)16-7-3-2-4-8-16/h2-10,18-20H,11-15H2,1H3,(H,23,25). The molecule has 0 spiro atoms. The molecule has 2 amide bonds. The summed E-state index contributed by atoms with van der Waals surface area (Å²) < 4.78 is 5.35. The minimum absolute atomic E-state index is 0.0431. The molecular formula is C22H26N2O2. The molecule has 1 saturated heterocycles. The van der Waals surface area contributed by atoms with Crippen LogP contribution in [0.15, 0.2) is 54.6 Å². The first-order chi connectivity index (χ1) is 12.7. The fourth-order valence-corrected chi connectivity index (χ4v) is 4.59. The number of rotatable bonds is 4. The lowest BCUT2D eigenvalue weighted by Crippen LogP contribution is -2.38. The Hall–Kier alpha value is -2.49. The van der Waals surface area contributed by atoms with E-state index in [0.717, 1.165) is 24.4 Å². The van der Waals surface area contributed by atoms with Gasteiger partial charge in [-0.2, -0.15) is 0 Å². The lowest BCUT2D eigenvalue weighted by Gasteiger charge is -2.20. The summed E-state index contributed by atoms with van der Waals surface area (Å²) in [6.45, 7) is 2.26. The van der Waals surface area contributed by atoms with Crippen LogP contribution in [-0.4, -0.2) is 31.1 Å². The summed E-state index contributed by atoms with van der Waals surface area (Å²) in [4.78, 5) is 14.6. The van der Waals surface area contributed by atoms with Crippen LogP contribution >= 0.6 is 0 Å². The van der Waals surface area contributed by atoms with Gasteiger partial charge in [-0.15, -0.1) is 0 Å². The van der Waals surface area contributed by atoms with Crippen molar-refractivity contribution >= 4 is 6.03 Å². The first-order valence-corrected chi connectivity index (χ1v) is 9.44. The normalized spacial score (nSPS) is 24.3. The van der Waals surface area contributed by atoms with Gasteiger partial charge in [0.2, 0.25) is 0 Å². The van der Waals surface area contributed by atoms with Crippen molar-refractivity contribution in [2.75, 3.05) is 20.2 Å². The Kier molecular flexibility index (Phi) is 4.83. The molecule has 0 aromatic heterocycles. The van der Waals surface area contributed by atoms with E-state index < -0.39 is 0 Å². The van der Waals surface area contributed by atoms with Crippen LogP contribution in [0.25, 0.3) is 0 Å². The summed E-state index contributed by atoms with van der Waals surface area (Å²) in [6, 6.07) is 18.7. The monoisotopic (exact) mass is 350 g/mol. The fourth-order valence-electron chi connectivity index (χ4n) is 4.59. The van der Waals surface area contributed by atoms with Gasteiger partial charge >= 0.3 is 6.03 Å². The Bertz CT molecular complexity index is 748. The van der Waals surface area contributed by atoms with Crippen LogP contribution in [0.4, 0.5) is 4.79 Å². The maximum atomic E-state index is 12.6. The molecule has 1 aliphatic carbocycles. The fraction of sp³-hybridized carbons (Fsp3) is 0.409. The molecule has 0 bridgehead atoms. The lowest BCUT2D eigenvalue weighted by atomic mass is 9.96. The van der Waals surface area contributed by atoms with E-state index in [4.69, 9.17) is 4.74 Å². The van der Waals surface area contributed by atoms with Crippen LogP contribution in [0, 0.1) is 11.8 Å². The Morgan fingerprint density at radius 2 is 1.69 bits per heavy atom. The number of benzene rings is 2. The first-order valence-electron chi connectivity index (χ1n) is 9.44. The summed E-state index contributed by atoms with van der Waals surface area (Å²) >= 11 is 0. The number of fused-ring (bicyclic) bond motifs is 1. The molecule has 2 aromatic rings. The maximum Gasteiger partial charge on any atom is 0.317 e. The molecule has 2 aromatic carbocycles. The Morgan fingerprint density at radius 1 is 1.04 bits per heavy atom. The van der Waals surface area contributed by atoms with Gasteiger partial charge in [-0.1, -0.05) is 48.5 Å². The molecular weight excluding hydrogens is 324 g/mol. The second-order valence-corrected chi connectivity index (χ2v) is 7.47. The molecule has 2 fully saturated rings. The number of urea groups is 1. The highest BCUT2D eigenvalue weighted by molar-refractivity contribution is 5.74. The third-order valence-corrected chi connectivity index (χ3v) is 5.93. The van der Waals surface area contributed by atoms with Crippen molar-refractivity contribution in [3.63, 3.8) is 0 Å². The highest BCUT2D eigenvalue weighted by Gasteiger charge is 2.42. The van der Waals surface area contributed by atoms with Gasteiger partial charge in [0, 0.05) is 25.2 Å². The van der Waals surface area contributed by atoms with Crippen LogP contribution in [0.2, 0.25) is 0 Å². The van der Waals surface area contributed by atoms with Crippen molar-refractivity contribution in [1.29, 1.82) is 0 Å². The highest BCUT2D eigenvalue weighted by Crippen LogP contribution is 2.46. The third-order valence-electron chi connectivity index (χ3n) is 5.93. The predicted octanol–water partition coefficient (Wildman–Crippen LogP) is 4.03. The molecule has 0 radical (unpaired) electrons.